The summed E-state index contributed by atoms with van der Waals surface area (Å²) < 4.78 is 0. The number of hydrogen-bond donors (Lipinski definition) is 2. The van der Waals surface area contributed by atoms with Crippen LogP contribution in [0.2, 0.25) is 0 Å². The summed E-state index contributed by atoms with van der Waals surface area (Å²) in [4.78, 5) is 16.5. The number of aromatic nitrogens is 1. The summed E-state index contributed by atoms with van der Waals surface area (Å²) >= 11 is 1.68. The Kier molecular flexibility index (Phi) is 6.51. The number of aliphatic hydroxyl groups is 1. The molecule has 5 heteroatoms. The maximum Gasteiger partial charge on any atom is 0.254 e. The summed E-state index contributed by atoms with van der Waals surface area (Å²) in [5.74, 6) is 1.63. The van der Waals surface area contributed by atoms with Crippen LogP contribution in [0.4, 0.5) is 0 Å². The van der Waals surface area contributed by atoms with E-state index < -0.39 is 6.10 Å². The number of rotatable bonds is 6. The van der Waals surface area contributed by atoms with E-state index in [1.54, 1.807) is 37.0 Å². The van der Waals surface area contributed by atoms with Gasteiger partial charge in [0, 0.05) is 18.5 Å². The van der Waals surface area contributed by atoms with Crippen LogP contribution in [0.5, 0.6) is 0 Å². The van der Waals surface area contributed by atoms with Gasteiger partial charge in [-0.2, -0.15) is 0 Å². The van der Waals surface area contributed by atoms with Crippen LogP contribution in [-0.2, 0) is 0 Å². The molecule has 1 amide bonds. The van der Waals surface area contributed by atoms with Crippen molar-refractivity contribution in [3.63, 3.8) is 0 Å². The van der Waals surface area contributed by atoms with Gasteiger partial charge in [0.2, 0.25) is 0 Å². The smallest absolute Gasteiger partial charge is 0.254 e. The van der Waals surface area contributed by atoms with Gasteiger partial charge in [-0.3, -0.25) is 4.79 Å². The van der Waals surface area contributed by atoms with Crippen LogP contribution >= 0.6 is 11.8 Å². The average Bonchev–Trinajstić information content (AvgIpc) is 2.52. The molecule has 1 atom stereocenters. The molecule has 0 aliphatic heterocycles. The zero-order valence-corrected chi connectivity index (χ0v) is 13.4. The number of nitrogens with zero attached hydrogens (tertiary/aromatic N) is 1. The third-order valence-corrected chi connectivity index (χ3v) is 4.99. The summed E-state index contributed by atoms with van der Waals surface area (Å²) in [7, 11) is 0. The molecule has 1 unspecified atom stereocenters. The second-order valence-corrected chi connectivity index (χ2v) is 6.74. The summed E-state index contributed by atoms with van der Waals surface area (Å²) in [6.45, 7) is 1.92. The Morgan fingerprint density at radius 2 is 2.24 bits per heavy atom. The lowest BCUT2D eigenvalue weighted by Crippen LogP contribution is -2.31. The van der Waals surface area contributed by atoms with Gasteiger partial charge in [0.25, 0.3) is 5.91 Å². The molecule has 0 aromatic carbocycles. The minimum atomic E-state index is -0.538. The molecule has 2 rings (SSSR count). The highest BCUT2D eigenvalue weighted by Gasteiger charge is 2.17. The fraction of sp³-hybridized carbons (Fsp3) is 0.625. The lowest BCUT2D eigenvalue weighted by molar-refractivity contribution is 0.0920. The van der Waals surface area contributed by atoms with Crippen molar-refractivity contribution in [1.29, 1.82) is 0 Å². The number of nitrogens with one attached hydrogen (secondary N) is 1. The summed E-state index contributed by atoms with van der Waals surface area (Å²) in [6.07, 6.45) is 7.80. The number of amides is 1. The van der Waals surface area contributed by atoms with E-state index in [1.807, 2.05) is 0 Å². The first-order valence-electron chi connectivity index (χ1n) is 7.71. The van der Waals surface area contributed by atoms with E-state index in [2.05, 4.69) is 10.3 Å². The minimum absolute atomic E-state index is 0.157. The number of hydrogen-bond acceptors (Lipinski definition) is 4. The molecule has 1 aromatic rings. The molecule has 1 aromatic heterocycles. The van der Waals surface area contributed by atoms with Crippen molar-refractivity contribution < 1.29 is 9.90 Å². The van der Waals surface area contributed by atoms with Crippen molar-refractivity contribution in [3.8, 4) is 0 Å². The topological polar surface area (TPSA) is 62.2 Å². The molecule has 4 nitrogen and oxygen atoms in total. The number of pyridine rings is 1. The molecule has 116 valence electrons. The zero-order valence-electron chi connectivity index (χ0n) is 12.5. The normalized spacial score (nSPS) is 17.4. The maximum absolute atomic E-state index is 12.1. The fourth-order valence-electron chi connectivity index (χ4n) is 2.56. The van der Waals surface area contributed by atoms with Crippen LogP contribution in [0.25, 0.3) is 0 Å². The van der Waals surface area contributed by atoms with Crippen LogP contribution in [0.3, 0.4) is 0 Å². The van der Waals surface area contributed by atoms with E-state index in [1.165, 1.54) is 32.1 Å². The molecule has 1 aliphatic rings. The Hall–Kier alpha value is -1.07. The van der Waals surface area contributed by atoms with E-state index in [0.29, 0.717) is 5.56 Å². The van der Waals surface area contributed by atoms with Gasteiger partial charge < -0.3 is 10.4 Å². The highest BCUT2D eigenvalue weighted by atomic mass is 32.2. The molecule has 1 saturated carbocycles. The standard InChI is InChI=1S/C16H24N2O2S/c1-12(19)10-18-15(20)14-8-5-9-17-16(14)21-11-13-6-3-2-4-7-13/h5,8-9,12-13,19H,2-4,6-7,10-11H2,1H3,(H,18,20). The molecular weight excluding hydrogens is 284 g/mol. The summed E-state index contributed by atoms with van der Waals surface area (Å²) in [5, 5.41) is 12.8. The molecule has 0 saturated heterocycles. The second-order valence-electron chi connectivity index (χ2n) is 5.73. The predicted octanol–water partition coefficient (Wildman–Crippen LogP) is 2.86. The van der Waals surface area contributed by atoms with Crippen LogP contribution < -0.4 is 5.32 Å². The Labute approximate surface area is 130 Å². The molecule has 1 fully saturated rings. The minimum Gasteiger partial charge on any atom is -0.392 e. The molecule has 0 radical (unpaired) electrons. The lowest BCUT2D eigenvalue weighted by atomic mass is 9.91. The fourth-order valence-corrected chi connectivity index (χ4v) is 3.74. The van der Waals surface area contributed by atoms with Gasteiger partial charge in [0.15, 0.2) is 0 Å². The van der Waals surface area contributed by atoms with Gasteiger partial charge in [0.1, 0.15) is 5.03 Å². The Bertz CT molecular complexity index is 459. The summed E-state index contributed by atoms with van der Waals surface area (Å²) in [5.41, 5.74) is 0.610. The Balaban J connectivity index is 1.94. The first-order chi connectivity index (χ1) is 10.2. The first kappa shape index (κ1) is 16.3. The van der Waals surface area contributed by atoms with E-state index in [-0.39, 0.29) is 12.5 Å². The van der Waals surface area contributed by atoms with Gasteiger partial charge >= 0.3 is 0 Å². The molecule has 2 N–H and O–H groups in total. The van der Waals surface area contributed by atoms with E-state index in [0.717, 1.165) is 16.7 Å². The van der Waals surface area contributed by atoms with Crippen LogP contribution in [0.15, 0.2) is 23.4 Å². The van der Waals surface area contributed by atoms with Crippen LogP contribution in [-0.4, -0.2) is 34.4 Å². The van der Waals surface area contributed by atoms with Gasteiger partial charge in [-0.25, -0.2) is 4.98 Å². The monoisotopic (exact) mass is 308 g/mol. The van der Waals surface area contributed by atoms with Crippen molar-refractivity contribution >= 4 is 17.7 Å². The van der Waals surface area contributed by atoms with Crippen molar-refractivity contribution in [2.45, 2.75) is 50.2 Å². The Morgan fingerprint density at radius 3 is 2.95 bits per heavy atom. The molecule has 0 spiro atoms. The maximum atomic E-state index is 12.1. The van der Waals surface area contributed by atoms with Gasteiger partial charge in [0.05, 0.1) is 11.7 Å². The molecule has 1 heterocycles. The van der Waals surface area contributed by atoms with E-state index in [9.17, 15) is 9.90 Å². The van der Waals surface area contributed by atoms with Crippen molar-refractivity contribution in [2.24, 2.45) is 5.92 Å². The molecule has 0 bridgehead atoms. The molecule has 21 heavy (non-hydrogen) atoms. The SMILES string of the molecule is CC(O)CNC(=O)c1cccnc1SCC1CCCCC1. The van der Waals surface area contributed by atoms with E-state index in [4.69, 9.17) is 0 Å². The largest absolute Gasteiger partial charge is 0.392 e. The predicted molar refractivity (Wildman–Crippen MR) is 85.6 cm³/mol. The quantitative estimate of drug-likeness (QED) is 0.793. The number of carbonyl (C=O) groups excluding carboxylic acids is 1. The van der Waals surface area contributed by atoms with Gasteiger partial charge in [-0.05, 0) is 37.8 Å². The lowest BCUT2D eigenvalue weighted by Gasteiger charge is -2.21. The average molecular weight is 308 g/mol. The van der Waals surface area contributed by atoms with Gasteiger partial charge in [-0.15, -0.1) is 11.8 Å². The molecular formula is C16H24N2O2S. The first-order valence-corrected chi connectivity index (χ1v) is 8.69. The molecule has 1 aliphatic carbocycles. The highest BCUT2D eigenvalue weighted by molar-refractivity contribution is 7.99. The van der Waals surface area contributed by atoms with Crippen molar-refractivity contribution in [2.75, 3.05) is 12.3 Å². The van der Waals surface area contributed by atoms with Crippen molar-refractivity contribution in [3.05, 3.63) is 23.9 Å². The van der Waals surface area contributed by atoms with E-state index >= 15 is 0 Å². The van der Waals surface area contributed by atoms with Gasteiger partial charge in [-0.1, -0.05) is 19.3 Å². The van der Waals surface area contributed by atoms with Crippen LogP contribution in [0.1, 0.15) is 49.4 Å². The third-order valence-electron chi connectivity index (χ3n) is 3.75. The Morgan fingerprint density at radius 1 is 1.48 bits per heavy atom. The number of aliphatic hydroxyl groups excluding tert-OH is 1. The second kappa shape index (κ2) is 8.39. The number of thioether (sulfide) groups is 1. The summed E-state index contributed by atoms with van der Waals surface area (Å²) in [6, 6.07) is 3.58. The number of carbonyl (C=O) groups is 1. The zero-order chi connectivity index (χ0) is 15.1. The third kappa shape index (κ3) is 5.32. The highest BCUT2D eigenvalue weighted by Crippen LogP contribution is 2.30. The van der Waals surface area contributed by atoms with Crippen molar-refractivity contribution in [1.82, 2.24) is 10.3 Å². The van der Waals surface area contributed by atoms with Crippen LogP contribution in [0, 0.1) is 5.92 Å².